The van der Waals surface area contributed by atoms with E-state index in [0.717, 1.165) is 28.5 Å². The van der Waals surface area contributed by atoms with Crippen LogP contribution in [0.2, 0.25) is 0 Å². The zero-order chi connectivity index (χ0) is 15.1. The van der Waals surface area contributed by atoms with Gasteiger partial charge in [0.2, 0.25) is 0 Å². The van der Waals surface area contributed by atoms with Crippen molar-refractivity contribution >= 4 is 28.8 Å². The molecule has 0 aliphatic heterocycles. The largest absolute Gasteiger partial charge is 0.398 e. The number of thioether (sulfide) groups is 1. The molecule has 110 valence electrons. The van der Waals surface area contributed by atoms with Gasteiger partial charge in [0.1, 0.15) is 0 Å². The summed E-state index contributed by atoms with van der Waals surface area (Å²) >= 11 is 1.63. The quantitative estimate of drug-likeness (QED) is 0.563. The Morgan fingerprint density at radius 3 is 2.95 bits per heavy atom. The second-order valence-corrected chi connectivity index (χ2v) is 5.44. The highest BCUT2D eigenvalue weighted by atomic mass is 32.2. The summed E-state index contributed by atoms with van der Waals surface area (Å²) in [5.74, 6) is 0.759. The van der Waals surface area contributed by atoms with Crippen LogP contribution in [0.5, 0.6) is 0 Å². The molecule has 0 unspecified atom stereocenters. The lowest BCUT2D eigenvalue weighted by atomic mass is 10.2. The normalized spacial score (nSPS) is 11.2. The lowest BCUT2D eigenvalue weighted by Crippen LogP contribution is -2.01. The second kappa shape index (κ2) is 7.59. The average molecular weight is 300 g/mol. The molecule has 0 aliphatic carbocycles. The summed E-state index contributed by atoms with van der Waals surface area (Å²) in [5.41, 5.74) is 11.1. The summed E-state index contributed by atoms with van der Waals surface area (Å²) in [6.45, 7) is 2.09. The van der Waals surface area contributed by atoms with Gasteiger partial charge in [-0.25, -0.2) is 0 Å². The lowest BCUT2D eigenvalue weighted by Gasteiger charge is -2.10. The molecule has 1 heterocycles. The van der Waals surface area contributed by atoms with Gasteiger partial charge in [-0.1, -0.05) is 6.07 Å². The summed E-state index contributed by atoms with van der Waals surface area (Å²) in [7, 11) is 1.92. The molecule has 4 nitrogen and oxygen atoms in total. The van der Waals surface area contributed by atoms with Crippen LogP contribution >= 0.6 is 11.8 Å². The number of anilines is 2. The van der Waals surface area contributed by atoms with E-state index in [9.17, 15) is 0 Å². The zero-order valence-corrected chi connectivity index (χ0v) is 13.1. The van der Waals surface area contributed by atoms with E-state index in [4.69, 9.17) is 5.73 Å². The number of nitrogens with two attached hydrogens (primary N) is 1. The number of nitrogens with zero attached hydrogens (tertiary/aromatic N) is 1. The second-order valence-electron chi connectivity index (χ2n) is 4.58. The monoisotopic (exact) mass is 300 g/mol. The third-order valence-corrected chi connectivity index (χ3v) is 3.81. The number of hydrogen-bond donors (Lipinski definition) is 3. The summed E-state index contributed by atoms with van der Waals surface area (Å²) in [6, 6.07) is 10.1. The molecule has 0 amide bonds. The van der Waals surface area contributed by atoms with E-state index in [1.807, 2.05) is 24.6 Å². The topological polar surface area (TPSA) is 63.0 Å². The predicted octanol–water partition coefficient (Wildman–Crippen LogP) is 3.49. The highest BCUT2D eigenvalue weighted by Crippen LogP contribution is 2.21. The summed E-state index contributed by atoms with van der Waals surface area (Å²) in [5, 5.41) is 8.49. The molecule has 2 aromatic rings. The van der Waals surface area contributed by atoms with E-state index in [0.29, 0.717) is 0 Å². The van der Waals surface area contributed by atoms with Crippen LogP contribution in [0.3, 0.4) is 0 Å². The van der Waals surface area contributed by atoms with E-state index < -0.39 is 0 Å². The first kappa shape index (κ1) is 15.3. The minimum Gasteiger partial charge on any atom is -0.398 e. The molecular weight excluding hydrogens is 280 g/mol. The first-order valence-electron chi connectivity index (χ1n) is 6.70. The van der Waals surface area contributed by atoms with Crippen LogP contribution in [-0.4, -0.2) is 17.9 Å². The number of aryl methyl sites for hydroxylation is 1. The fraction of sp³-hybridized carbons (Fsp3) is 0.188. The van der Waals surface area contributed by atoms with Crippen molar-refractivity contribution in [2.75, 3.05) is 23.6 Å². The lowest BCUT2D eigenvalue weighted by molar-refractivity contribution is 1.30. The predicted molar refractivity (Wildman–Crippen MR) is 93.2 cm³/mol. The zero-order valence-electron chi connectivity index (χ0n) is 12.3. The first-order chi connectivity index (χ1) is 10.2. The fourth-order valence-electron chi connectivity index (χ4n) is 1.82. The van der Waals surface area contributed by atoms with Gasteiger partial charge in [0.25, 0.3) is 0 Å². The van der Waals surface area contributed by atoms with Crippen LogP contribution in [0, 0.1) is 6.92 Å². The Morgan fingerprint density at radius 1 is 1.38 bits per heavy atom. The molecule has 0 atom stereocenters. The SMILES string of the molecule is CNc1ccc(C)c(NCS/C=C(\N)c2cccnc2)c1. The van der Waals surface area contributed by atoms with Gasteiger partial charge in [-0.15, -0.1) is 11.8 Å². The fourth-order valence-corrected chi connectivity index (χ4v) is 2.46. The third-order valence-electron chi connectivity index (χ3n) is 3.08. The van der Waals surface area contributed by atoms with Gasteiger partial charge >= 0.3 is 0 Å². The van der Waals surface area contributed by atoms with Gasteiger partial charge in [-0.2, -0.15) is 0 Å². The van der Waals surface area contributed by atoms with Crippen molar-refractivity contribution in [3.8, 4) is 0 Å². The van der Waals surface area contributed by atoms with E-state index >= 15 is 0 Å². The number of benzene rings is 1. The maximum Gasteiger partial charge on any atom is 0.0652 e. The van der Waals surface area contributed by atoms with Crippen molar-refractivity contribution in [3.05, 3.63) is 59.3 Å². The molecule has 5 heteroatoms. The molecule has 0 radical (unpaired) electrons. The third kappa shape index (κ3) is 4.43. The van der Waals surface area contributed by atoms with Crippen molar-refractivity contribution in [3.63, 3.8) is 0 Å². The Labute approximate surface area is 129 Å². The minimum atomic E-state index is 0.732. The van der Waals surface area contributed by atoms with Crippen molar-refractivity contribution in [2.24, 2.45) is 5.73 Å². The van der Waals surface area contributed by atoms with E-state index in [1.165, 1.54) is 5.56 Å². The van der Waals surface area contributed by atoms with Crippen LogP contribution in [0.25, 0.3) is 5.70 Å². The van der Waals surface area contributed by atoms with Gasteiger partial charge in [0.05, 0.1) is 5.88 Å². The highest BCUT2D eigenvalue weighted by molar-refractivity contribution is 8.02. The molecule has 0 saturated heterocycles. The maximum atomic E-state index is 6.01. The Kier molecular flexibility index (Phi) is 5.51. The molecule has 4 N–H and O–H groups in total. The first-order valence-corrected chi connectivity index (χ1v) is 7.75. The van der Waals surface area contributed by atoms with Crippen molar-refractivity contribution in [2.45, 2.75) is 6.92 Å². The molecule has 1 aromatic carbocycles. The number of aromatic nitrogens is 1. The summed E-state index contributed by atoms with van der Waals surface area (Å²) in [6.07, 6.45) is 3.50. The Bertz CT molecular complexity index is 611. The minimum absolute atomic E-state index is 0.732. The van der Waals surface area contributed by atoms with Gasteiger partial charge in [0.15, 0.2) is 0 Å². The molecule has 21 heavy (non-hydrogen) atoms. The molecule has 0 spiro atoms. The average Bonchev–Trinajstić information content (AvgIpc) is 2.53. The molecular formula is C16H20N4S. The molecule has 2 rings (SSSR count). The van der Waals surface area contributed by atoms with Crippen molar-refractivity contribution < 1.29 is 0 Å². The smallest absolute Gasteiger partial charge is 0.0652 e. The van der Waals surface area contributed by atoms with Crippen LogP contribution < -0.4 is 16.4 Å². The van der Waals surface area contributed by atoms with E-state index in [1.54, 1.807) is 24.2 Å². The maximum absolute atomic E-state index is 6.01. The van der Waals surface area contributed by atoms with Gasteiger partial charge < -0.3 is 16.4 Å². The summed E-state index contributed by atoms with van der Waals surface area (Å²) in [4.78, 5) is 4.06. The number of nitrogens with one attached hydrogen (secondary N) is 2. The van der Waals surface area contributed by atoms with Crippen LogP contribution in [0.15, 0.2) is 48.1 Å². The van der Waals surface area contributed by atoms with Gasteiger partial charge in [-0.05, 0) is 42.2 Å². The van der Waals surface area contributed by atoms with Gasteiger partial charge in [-0.3, -0.25) is 4.98 Å². The van der Waals surface area contributed by atoms with Crippen LogP contribution in [-0.2, 0) is 0 Å². The van der Waals surface area contributed by atoms with E-state index in [-0.39, 0.29) is 0 Å². The van der Waals surface area contributed by atoms with Crippen LogP contribution in [0.1, 0.15) is 11.1 Å². The number of rotatable bonds is 6. The Morgan fingerprint density at radius 2 is 2.24 bits per heavy atom. The molecule has 0 aliphatic rings. The van der Waals surface area contributed by atoms with Crippen molar-refractivity contribution in [1.82, 2.24) is 4.98 Å². The number of pyridine rings is 1. The Balaban J connectivity index is 1.90. The molecule has 0 bridgehead atoms. The highest BCUT2D eigenvalue weighted by Gasteiger charge is 1.99. The van der Waals surface area contributed by atoms with Crippen LogP contribution in [0.4, 0.5) is 11.4 Å². The molecule has 0 saturated carbocycles. The summed E-state index contributed by atoms with van der Waals surface area (Å²) < 4.78 is 0. The van der Waals surface area contributed by atoms with Crippen molar-refractivity contribution in [1.29, 1.82) is 0 Å². The van der Waals surface area contributed by atoms with Gasteiger partial charge in [0, 0.05) is 42.1 Å². The molecule has 1 aromatic heterocycles. The number of hydrogen-bond acceptors (Lipinski definition) is 5. The molecule has 0 fully saturated rings. The standard InChI is InChI=1S/C16H20N4S/c1-12-5-6-14(18-2)8-16(12)20-11-21-10-15(17)13-4-3-7-19-9-13/h3-10,18,20H,11,17H2,1-2H3/b15-10-. The van der Waals surface area contributed by atoms with E-state index in [2.05, 4.69) is 40.7 Å². The Hall–Kier alpha value is -2.14.